The number of aromatic nitrogens is 1. The zero-order valence-corrected chi connectivity index (χ0v) is 13.2. The van der Waals surface area contributed by atoms with Crippen molar-refractivity contribution in [3.8, 4) is 0 Å². The van der Waals surface area contributed by atoms with E-state index in [1.807, 2.05) is 0 Å². The van der Waals surface area contributed by atoms with Crippen molar-refractivity contribution in [3.63, 3.8) is 0 Å². The first-order chi connectivity index (χ1) is 9.54. The first-order valence-electron chi connectivity index (χ1n) is 6.38. The fourth-order valence-electron chi connectivity index (χ4n) is 1.81. The van der Waals surface area contributed by atoms with Gasteiger partial charge in [-0.15, -0.1) is 0 Å². The number of carbonyl (C=O) groups is 1. The molecule has 0 spiro atoms. The van der Waals surface area contributed by atoms with E-state index in [2.05, 4.69) is 27.3 Å². The number of thioether (sulfide) groups is 1. The summed E-state index contributed by atoms with van der Waals surface area (Å²) in [5, 5.41) is 6.39. The average Bonchev–Trinajstić information content (AvgIpc) is 2.82. The zero-order valence-electron chi connectivity index (χ0n) is 11.6. The lowest BCUT2D eigenvalue weighted by atomic mass is 10.4. The number of hydrogen-bond acceptors (Lipinski definition) is 6. The van der Waals surface area contributed by atoms with Crippen molar-refractivity contribution in [1.82, 2.24) is 15.0 Å². The second kappa shape index (κ2) is 7.05. The third-order valence-corrected chi connectivity index (χ3v) is 4.51. The Morgan fingerprint density at radius 1 is 1.50 bits per heavy atom. The highest BCUT2D eigenvalue weighted by molar-refractivity contribution is 8.23. The minimum atomic E-state index is -0.125. The summed E-state index contributed by atoms with van der Waals surface area (Å²) in [6.45, 7) is 5.63. The normalized spacial score (nSPS) is 16.2. The van der Waals surface area contributed by atoms with Gasteiger partial charge in [-0.1, -0.05) is 29.1 Å². The van der Waals surface area contributed by atoms with Crippen LogP contribution < -0.4 is 5.32 Å². The molecule has 0 bridgehead atoms. The second-order valence-electron chi connectivity index (χ2n) is 4.72. The molecule has 6 nitrogen and oxygen atoms in total. The van der Waals surface area contributed by atoms with Crippen molar-refractivity contribution >= 4 is 40.0 Å². The molecule has 20 heavy (non-hydrogen) atoms. The van der Waals surface area contributed by atoms with Gasteiger partial charge in [0.15, 0.2) is 5.82 Å². The molecule has 1 aliphatic heterocycles. The van der Waals surface area contributed by atoms with Gasteiger partial charge in [-0.3, -0.25) is 4.79 Å². The minimum Gasteiger partial charge on any atom is -0.360 e. The Balaban J connectivity index is 1.71. The number of rotatable bonds is 3. The monoisotopic (exact) mass is 314 g/mol. The highest BCUT2D eigenvalue weighted by Gasteiger charge is 2.17. The largest absolute Gasteiger partial charge is 0.360 e. The van der Waals surface area contributed by atoms with Crippen LogP contribution in [0.5, 0.6) is 0 Å². The molecule has 0 unspecified atom stereocenters. The van der Waals surface area contributed by atoms with E-state index in [4.69, 9.17) is 16.7 Å². The molecule has 2 rings (SSSR count). The Labute approximate surface area is 127 Å². The van der Waals surface area contributed by atoms with E-state index in [1.165, 1.54) is 11.8 Å². The SMILES string of the molecule is Cc1cc(NC(=O)CSC(=S)N2CCN(C)CC2)no1. The summed E-state index contributed by atoms with van der Waals surface area (Å²) in [6.07, 6.45) is 0. The van der Waals surface area contributed by atoms with E-state index in [-0.39, 0.29) is 11.7 Å². The number of carbonyl (C=O) groups excluding carboxylic acids is 1. The molecule has 1 saturated heterocycles. The maximum absolute atomic E-state index is 11.8. The number of anilines is 1. The molecule has 0 radical (unpaired) electrons. The third kappa shape index (κ3) is 4.46. The summed E-state index contributed by atoms with van der Waals surface area (Å²) in [5.41, 5.74) is 0. The number of likely N-dealkylation sites (N-methyl/N-ethyl adjacent to an activating group) is 1. The van der Waals surface area contributed by atoms with Crippen LogP contribution in [-0.4, -0.2) is 64.2 Å². The number of aryl methyl sites for hydroxylation is 1. The summed E-state index contributed by atoms with van der Waals surface area (Å²) in [4.78, 5) is 16.2. The molecular weight excluding hydrogens is 296 g/mol. The van der Waals surface area contributed by atoms with Crippen LogP contribution in [0.15, 0.2) is 10.6 Å². The van der Waals surface area contributed by atoms with Gasteiger partial charge < -0.3 is 19.6 Å². The molecule has 110 valence electrons. The molecule has 0 aliphatic carbocycles. The Kier molecular flexibility index (Phi) is 5.38. The smallest absolute Gasteiger partial charge is 0.236 e. The van der Waals surface area contributed by atoms with Gasteiger partial charge in [0, 0.05) is 32.2 Å². The van der Waals surface area contributed by atoms with Crippen LogP contribution in [0, 0.1) is 6.92 Å². The molecule has 0 saturated carbocycles. The van der Waals surface area contributed by atoms with Crippen molar-refractivity contribution in [2.24, 2.45) is 0 Å². The molecule has 1 aliphatic rings. The molecule has 2 heterocycles. The third-order valence-electron chi connectivity index (χ3n) is 2.98. The van der Waals surface area contributed by atoms with Crippen LogP contribution in [0.1, 0.15) is 5.76 Å². The van der Waals surface area contributed by atoms with Gasteiger partial charge >= 0.3 is 0 Å². The number of nitrogens with zero attached hydrogens (tertiary/aromatic N) is 3. The lowest BCUT2D eigenvalue weighted by Gasteiger charge is -2.33. The van der Waals surface area contributed by atoms with E-state index >= 15 is 0 Å². The van der Waals surface area contributed by atoms with Gasteiger partial charge in [-0.05, 0) is 14.0 Å². The Hall–Kier alpha value is -1.12. The summed E-state index contributed by atoms with van der Waals surface area (Å²) < 4.78 is 5.67. The van der Waals surface area contributed by atoms with Crippen LogP contribution in [0.4, 0.5) is 5.82 Å². The zero-order chi connectivity index (χ0) is 14.5. The van der Waals surface area contributed by atoms with Crippen molar-refractivity contribution < 1.29 is 9.32 Å². The van der Waals surface area contributed by atoms with Crippen molar-refractivity contribution in [2.45, 2.75) is 6.92 Å². The van der Waals surface area contributed by atoms with Gasteiger partial charge in [0.1, 0.15) is 10.1 Å². The van der Waals surface area contributed by atoms with Crippen LogP contribution in [-0.2, 0) is 4.79 Å². The van der Waals surface area contributed by atoms with E-state index < -0.39 is 0 Å². The molecule has 1 amide bonds. The highest BCUT2D eigenvalue weighted by Crippen LogP contribution is 2.13. The van der Waals surface area contributed by atoms with Crippen LogP contribution in [0.3, 0.4) is 0 Å². The topological polar surface area (TPSA) is 61.6 Å². The van der Waals surface area contributed by atoms with Crippen LogP contribution >= 0.6 is 24.0 Å². The molecular formula is C12H18N4O2S2. The predicted octanol–water partition coefficient (Wildman–Crippen LogP) is 1.19. The molecule has 0 atom stereocenters. The van der Waals surface area contributed by atoms with Gasteiger partial charge in [0.25, 0.3) is 0 Å². The van der Waals surface area contributed by atoms with Crippen LogP contribution in [0.25, 0.3) is 0 Å². The molecule has 8 heteroatoms. The maximum Gasteiger partial charge on any atom is 0.236 e. The van der Waals surface area contributed by atoms with Gasteiger partial charge in [0.05, 0.1) is 5.75 Å². The number of hydrogen-bond donors (Lipinski definition) is 1. The summed E-state index contributed by atoms with van der Waals surface area (Å²) in [6, 6.07) is 1.68. The van der Waals surface area contributed by atoms with E-state index in [0.717, 1.165) is 30.5 Å². The quantitative estimate of drug-likeness (QED) is 0.841. The first-order valence-corrected chi connectivity index (χ1v) is 7.77. The van der Waals surface area contributed by atoms with Gasteiger partial charge in [-0.25, -0.2) is 0 Å². The average molecular weight is 314 g/mol. The number of piperazine rings is 1. The first kappa shape index (κ1) is 15.3. The van der Waals surface area contributed by atoms with E-state index in [1.54, 1.807) is 13.0 Å². The van der Waals surface area contributed by atoms with Crippen LogP contribution in [0.2, 0.25) is 0 Å². The number of amides is 1. The fraction of sp³-hybridized carbons (Fsp3) is 0.583. The van der Waals surface area contributed by atoms with E-state index in [0.29, 0.717) is 11.6 Å². The van der Waals surface area contributed by atoms with Crippen molar-refractivity contribution in [2.75, 3.05) is 44.3 Å². The lowest BCUT2D eigenvalue weighted by Crippen LogP contribution is -2.46. The summed E-state index contributed by atoms with van der Waals surface area (Å²) >= 11 is 6.74. The van der Waals surface area contributed by atoms with Gasteiger partial charge in [0.2, 0.25) is 5.91 Å². The Bertz CT molecular complexity index is 484. The lowest BCUT2D eigenvalue weighted by molar-refractivity contribution is -0.113. The predicted molar refractivity (Wildman–Crippen MR) is 84.0 cm³/mol. The van der Waals surface area contributed by atoms with Crippen molar-refractivity contribution in [3.05, 3.63) is 11.8 Å². The summed E-state index contributed by atoms with van der Waals surface area (Å²) in [7, 11) is 2.10. The fourth-order valence-corrected chi connectivity index (χ4v) is 2.86. The number of nitrogens with one attached hydrogen (secondary N) is 1. The minimum absolute atomic E-state index is 0.125. The Morgan fingerprint density at radius 2 is 2.20 bits per heavy atom. The second-order valence-corrected chi connectivity index (χ2v) is 6.33. The summed E-state index contributed by atoms with van der Waals surface area (Å²) in [5.74, 6) is 1.27. The Morgan fingerprint density at radius 3 is 2.80 bits per heavy atom. The maximum atomic E-state index is 11.8. The number of thiocarbonyl (C=S) groups is 1. The molecule has 1 N–H and O–H groups in total. The van der Waals surface area contributed by atoms with Gasteiger partial charge in [-0.2, -0.15) is 0 Å². The highest BCUT2D eigenvalue weighted by atomic mass is 32.2. The molecule has 0 aromatic carbocycles. The standard InChI is InChI=1S/C12H18N4O2S2/c1-9-7-10(14-18-9)13-11(17)8-20-12(19)16-5-3-15(2)4-6-16/h7H,3-6,8H2,1-2H3,(H,13,14,17). The van der Waals surface area contributed by atoms with E-state index in [9.17, 15) is 4.79 Å². The van der Waals surface area contributed by atoms with Crippen molar-refractivity contribution in [1.29, 1.82) is 0 Å². The molecule has 1 fully saturated rings. The molecule has 1 aromatic rings. The molecule has 1 aromatic heterocycles.